The minimum atomic E-state index is -0.470. The van der Waals surface area contributed by atoms with Crippen molar-refractivity contribution >= 4 is 6.09 Å². The molecule has 1 N–H and O–H groups in total. The number of carbonyl (C=O) groups is 1. The summed E-state index contributed by atoms with van der Waals surface area (Å²) in [6.07, 6.45) is -0.470. The predicted molar refractivity (Wildman–Crippen MR) is 191 cm³/mol. The minimum absolute atomic E-state index is 0.236. The average molecular weight is 752 g/mol. The number of rotatable bonds is 42. The fourth-order valence-corrected chi connectivity index (χ4v) is 3.78. The van der Waals surface area contributed by atoms with Gasteiger partial charge in [-0.1, -0.05) is 30.3 Å². The maximum atomic E-state index is 11.6. The van der Waals surface area contributed by atoms with Gasteiger partial charge >= 0.3 is 6.09 Å². The van der Waals surface area contributed by atoms with Gasteiger partial charge in [-0.2, -0.15) is 0 Å². The Bertz CT molecular complexity index is 843. The van der Waals surface area contributed by atoms with Gasteiger partial charge in [-0.25, -0.2) is 4.79 Å². The topological polar surface area (TPSA) is 158 Å². The Morgan fingerprint density at radius 3 is 0.962 bits per heavy atom. The first-order valence-electron chi connectivity index (χ1n) is 18.3. The molecule has 0 bridgehead atoms. The number of hydrogen-bond acceptors (Lipinski definition) is 15. The van der Waals surface area contributed by atoms with Crippen molar-refractivity contribution in [2.75, 3.05) is 178 Å². The summed E-state index contributed by atoms with van der Waals surface area (Å²) in [5.74, 6) is 0. The number of nitrogens with one attached hydrogen (secondary N) is 1. The van der Waals surface area contributed by atoms with Crippen LogP contribution in [0.5, 0.6) is 0 Å². The normalized spacial score (nSPS) is 11.3. The molecule has 0 aliphatic heterocycles. The monoisotopic (exact) mass is 751 g/mol. The van der Waals surface area contributed by atoms with Gasteiger partial charge in [-0.05, 0) is 12.5 Å². The summed E-state index contributed by atoms with van der Waals surface area (Å²) in [7, 11) is 0. The molecular formula is C36H65NO15. The Morgan fingerprint density at radius 1 is 0.404 bits per heavy atom. The van der Waals surface area contributed by atoms with Crippen LogP contribution in [-0.4, -0.2) is 184 Å². The molecular weight excluding hydrogens is 686 g/mol. The van der Waals surface area contributed by atoms with E-state index in [0.29, 0.717) is 178 Å². The van der Waals surface area contributed by atoms with Crippen LogP contribution in [0.15, 0.2) is 30.3 Å². The van der Waals surface area contributed by atoms with Crippen LogP contribution < -0.4 is 5.32 Å². The molecule has 16 heteroatoms. The zero-order chi connectivity index (χ0) is 37.1. The van der Waals surface area contributed by atoms with Crippen molar-refractivity contribution in [2.24, 2.45) is 0 Å². The fourth-order valence-electron chi connectivity index (χ4n) is 3.78. The third-order valence-corrected chi connectivity index (χ3v) is 6.40. The molecule has 0 fully saturated rings. The van der Waals surface area contributed by atoms with Crippen LogP contribution in [0.25, 0.3) is 0 Å². The van der Waals surface area contributed by atoms with Gasteiger partial charge in [0.05, 0.1) is 165 Å². The predicted octanol–water partition coefficient (Wildman–Crippen LogP) is 2.15. The third kappa shape index (κ3) is 37.7. The summed E-state index contributed by atoms with van der Waals surface area (Å²) >= 11 is 0. The van der Waals surface area contributed by atoms with Crippen LogP contribution >= 0.6 is 0 Å². The molecule has 0 aliphatic rings. The molecule has 1 amide bonds. The SMILES string of the molecule is CCOCCOCCOCCOCCOCCOCCOCCOCCOCCOCCOCCOCCOCCNC(=O)OCc1ccccc1. The first kappa shape index (κ1) is 48.0. The van der Waals surface area contributed by atoms with Gasteiger partial charge in [0, 0.05) is 13.2 Å². The molecule has 0 heterocycles. The van der Waals surface area contributed by atoms with E-state index in [0.717, 1.165) is 5.56 Å². The minimum Gasteiger partial charge on any atom is -0.445 e. The van der Waals surface area contributed by atoms with Gasteiger partial charge in [0.1, 0.15) is 6.61 Å². The van der Waals surface area contributed by atoms with Gasteiger partial charge in [0.2, 0.25) is 0 Å². The zero-order valence-electron chi connectivity index (χ0n) is 31.3. The summed E-state index contributed by atoms with van der Waals surface area (Å²) in [5.41, 5.74) is 0.937. The van der Waals surface area contributed by atoms with Crippen LogP contribution in [0.4, 0.5) is 4.79 Å². The quantitative estimate of drug-likeness (QED) is 0.0969. The molecule has 0 atom stereocenters. The maximum Gasteiger partial charge on any atom is 0.407 e. The van der Waals surface area contributed by atoms with Gasteiger partial charge in [0.15, 0.2) is 0 Å². The average Bonchev–Trinajstić information content (AvgIpc) is 3.16. The standard InChI is InChI=1S/C36H65NO15/c1-2-39-10-11-41-14-15-43-18-19-45-22-23-47-26-27-49-30-31-51-33-32-50-29-28-48-25-24-46-21-20-44-17-16-42-13-12-40-9-8-37-36(38)52-34-35-6-4-3-5-7-35/h3-7H,2,8-34H2,1H3,(H,37,38). The van der Waals surface area contributed by atoms with Crippen molar-refractivity contribution in [1.29, 1.82) is 0 Å². The highest BCUT2D eigenvalue weighted by Crippen LogP contribution is 2.00. The van der Waals surface area contributed by atoms with Crippen molar-refractivity contribution in [3.05, 3.63) is 35.9 Å². The Balaban J connectivity index is 1.62. The number of ether oxygens (including phenoxy) is 14. The molecule has 0 saturated heterocycles. The summed E-state index contributed by atoms with van der Waals surface area (Å²) < 4.78 is 75.8. The highest BCUT2D eigenvalue weighted by atomic mass is 16.6. The molecule has 16 nitrogen and oxygen atoms in total. The second kappa shape index (κ2) is 41.7. The lowest BCUT2D eigenvalue weighted by atomic mass is 10.2. The summed E-state index contributed by atoms with van der Waals surface area (Å²) in [5, 5.41) is 2.64. The van der Waals surface area contributed by atoms with Crippen molar-refractivity contribution in [1.82, 2.24) is 5.32 Å². The van der Waals surface area contributed by atoms with E-state index >= 15 is 0 Å². The van der Waals surface area contributed by atoms with E-state index in [9.17, 15) is 4.79 Å². The second-order valence-corrected chi connectivity index (χ2v) is 10.5. The number of hydrogen-bond donors (Lipinski definition) is 1. The molecule has 304 valence electrons. The van der Waals surface area contributed by atoms with E-state index < -0.39 is 6.09 Å². The van der Waals surface area contributed by atoms with E-state index in [1.807, 2.05) is 37.3 Å². The summed E-state index contributed by atoms with van der Waals surface area (Å²) in [4.78, 5) is 11.6. The van der Waals surface area contributed by atoms with Gasteiger partial charge in [0.25, 0.3) is 0 Å². The number of amides is 1. The Labute approximate surface area is 310 Å². The van der Waals surface area contributed by atoms with E-state index in [2.05, 4.69) is 5.32 Å². The number of carbonyl (C=O) groups excluding carboxylic acids is 1. The highest BCUT2D eigenvalue weighted by molar-refractivity contribution is 5.67. The lowest BCUT2D eigenvalue weighted by Gasteiger charge is -2.09. The number of benzene rings is 1. The second-order valence-electron chi connectivity index (χ2n) is 10.5. The lowest BCUT2D eigenvalue weighted by Crippen LogP contribution is -2.28. The van der Waals surface area contributed by atoms with Gasteiger partial charge < -0.3 is 71.6 Å². The molecule has 1 aromatic rings. The highest BCUT2D eigenvalue weighted by Gasteiger charge is 2.02. The maximum absolute atomic E-state index is 11.6. The van der Waals surface area contributed by atoms with Crippen molar-refractivity contribution in [3.8, 4) is 0 Å². The largest absolute Gasteiger partial charge is 0.445 e. The Hall–Kier alpha value is -2.03. The molecule has 1 aromatic carbocycles. The Morgan fingerprint density at radius 2 is 0.673 bits per heavy atom. The molecule has 0 unspecified atom stereocenters. The summed E-state index contributed by atoms with van der Waals surface area (Å²) in [6, 6.07) is 9.50. The Kier molecular flexibility index (Phi) is 38.5. The molecule has 1 rings (SSSR count). The van der Waals surface area contributed by atoms with Crippen LogP contribution in [0.1, 0.15) is 12.5 Å². The molecule has 52 heavy (non-hydrogen) atoms. The first-order chi connectivity index (χ1) is 25.8. The van der Waals surface area contributed by atoms with Crippen LogP contribution in [0, 0.1) is 0 Å². The first-order valence-corrected chi connectivity index (χ1v) is 18.3. The van der Waals surface area contributed by atoms with Crippen molar-refractivity contribution in [2.45, 2.75) is 13.5 Å². The van der Waals surface area contributed by atoms with Crippen LogP contribution in [0.2, 0.25) is 0 Å². The van der Waals surface area contributed by atoms with Gasteiger partial charge in [-0.3, -0.25) is 0 Å². The fraction of sp³-hybridized carbons (Fsp3) is 0.806. The lowest BCUT2D eigenvalue weighted by molar-refractivity contribution is -0.0289. The molecule has 0 aliphatic carbocycles. The molecule has 0 aromatic heterocycles. The molecule has 0 radical (unpaired) electrons. The molecule has 0 spiro atoms. The smallest absolute Gasteiger partial charge is 0.407 e. The van der Waals surface area contributed by atoms with E-state index in [-0.39, 0.29) is 6.61 Å². The van der Waals surface area contributed by atoms with Crippen molar-refractivity contribution < 1.29 is 71.1 Å². The van der Waals surface area contributed by atoms with Gasteiger partial charge in [-0.15, -0.1) is 0 Å². The van der Waals surface area contributed by atoms with E-state index in [4.69, 9.17) is 66.3 Å². The third-order valence-electron chi connectivity index (χ3n) is 6.40. The number of alkyl carbamates (subject to hydrolysis) is 1. The van der Waals surface area contributed by atoms with Crippen LogP contribution in [0.3, 0.4) is 0 Å². The van der Waals surface area contributed by atoms with Crippen LogP contribution in [-0.2, 0) is 72.9 Å². The molecule has 0 saturated carbocycles. The van der Waals surface area contributed by atoms with E-state index in [1.54, 1.807) is 0 Å². The van der Waals surface area contributed by atoms with Crippen molar-refractivity contribution in [3.63, 3.8) is 0 Å². The van der Waals surface area contributed by atoms with E-state index in [1.165, 1.54) is 0 Å². The zero-order valence-corrected chi connectivity index (χ0v) is 31.3. The summed E-state index contributed by atoms with van der Waals surface area (Å²) in [6.45, 7) is 15.8.